The van der Waals surface area contributed by atoms with Crippen molar-refractivity contribution in [3.8, 4) is 0 Å². The van der Waals surface area contributed by atoms with E-state index in [4.69, 9.17) is 0 Å². The van der Waals surface area contributed by atoms with Gasteiger partial charge in [-0.2, -0.15) is 10.1 Å². The molecule has 4 nitrogen and oxygen atoms in total. The normalized spacial score (nSPS) is 9.50. The Bertz CT molecular complexity index is 310. The van der Waals surface area contributed by atoms with Gasteiger partial charge in [0.2, 0.25) is 6.08 Å². The lowest BCUT2D eigenvalue weighted by molar-refractivity contribution is 0.565. The van der Waals surface area contributed by atoms with E-state index in [9.17, 15) is 4.79 Å². The quantitative estimate of drug-likeness (QED) is 0.501. The first-order chi connectivity index (χ1) is 5.79. The molecule has 1 aromatic rings. The Morgan fingerprint density at radius 3 is 3.08 bits per heavy atom. The number of carbonyl (C=O) groups excluding carboxylic acids is 1. The van der Waals surface area contributed by atoms with Gasteiger partial charge in [0.05, 0.1) is 11.9 Å². The third-order valence-electron chi connectivity index (χ3n) is 1.69. The van der Waals surface area contributed by atoms with Gasteiger partial charge >= 0.3 is 0 Å². The summed E-state index contributed by atoms with van der Waals surface area (Å²) >= 11 is 0. The Balaban J connectivity index is 3.02. The van der Waals surface area contributed by atoms with Crippen LogP contribution < -0.4 is 0 Å². The molecule has 0 saturated carbocycles. The number of rotatable bonds is 3. The van der Waals surface area contributed by atoms with Gasteiger partial charge in [0.15, 0.2) is 0 Å². The van der Waals surface area contributed by atoms with Crippen LogP contribution in [0.1, 0.15) is 19.0 Å². The molecule has 0 amide bonds. The van der Waals surface area contributed by atoms with Crippen molar-refractivity contribution in [1.29, 1.82) is 0 Å². The summed E-state index contributed by atoms with van der Waals surface area (Å²) in [6.07, 6.45) is 5.00. The topological polar surface area (TPSA) is 47.2 Å². The molecule has 0 bridgehead atoms. The molecule has 0 spiro atoms. The molecular formula is C8H11N3O. The summed E-state index contributed by atoms with van der Waals surface area (Å²) in [5.41, 5.74) is 1.62. The summed E-state index contributed by atoms with van der Waals surface area (Å²) in [4.78, 5) is 13.6. The molecule has 1 aromatic heterocycles. The highest BCUT2D eigenvalue weighted by molar-refractivity contribution is 5.50. The van der Waals surface area contributed by atoms with E-state index in [2.05, 4.69) is 17.0 Å². The van der Waals surface area contributed by atoms with Crippen molar-refractivity contribution in [2.24, 2.45) is 12.0 Å². The molecule has 1 heterocycles. The van der Waals surface area contributed by atoms with Crippen molar-refractivity contribution in [2.75, 3.05) is 0 Å². The highest BCUT2D eigenvalue weighted by Crippen LogP contribution is 2.18. The third-order valence-corrected chi connectivity index (χ3v) is 1.69. The van der Waals surface area contributed by atoms with Crippen LogP contribution in [0.3, 0.4) is 0 Å². The number of hydrogen-bond donors (Lipinski definition) is 0. The SMILES string of the molecule is CCCc1c(N=C=O)cnn1C. The predicted molar refractivity (Wildman–Crippen MR) is 45.0 cm³/mol. The van der Waals surface area contributed by atoms with E-state index in [1.54, 1.807) is 10.9 Å². The lowest BCUT2D eigenvalue weighted by atomic mass is 10.2. The second kappa shape index (κ2) is 3.83. The van der Waals surface area contributed by atoms with Gasteiger partial charge < -0.3 is 0 Å². The minimum Gasteiger partial charge on any atom is -0.270 e. The molecule has 12 heavy (non-hydrogen) atoms. The standard InChI is InChI=1S/C8H11N3O/c1-3-4-8-7(9-6-12)5-10-11(8)2/h5H,3-4H2,1-2H3. The summed E-state index contributed by atoms with van der Waals surface area (Å²) in [5.74, 6) is 0. The van der Waals surface area contributed by atoms with Gasteiger partial charge in [0.1, 0.15) is 5.69 Å². The molecule has 64 valence electrons. The maximum Gasteiger partial charge on any atom is 0.240 e. The number of aromatic nitrogens is 2. The molecule has 0 aliphatic rings. The monoisotopic (exact) mass is 165 g/mol. The summed E-state index contributed by atoms with van der Waals surface area (Å²) in [5, 5.41) is 4.00. The zero-order chi connectivity index (χ0) is 8.97. The predicted octanol–water partition coefficient (Wildman–Crippen LogP) is 1.34. The van der Waals surface area contributed by atoms with Gasteiger partial charge in [-0.05, 0) is 6.42 Å². The fourth-order valence-corrected chi connectivity index (χ4v) is 1.12. The molecule has 0 N–H and O–H groups in total. The number of aryl methyl sites for hydroxylation is 1. The summed E-state index contributed by atoms with van der Waals surface area (Å²) < 4.78 is 1.74. The van der Waals surface area contributed by atoms with Crippen molar-refractivity contribution in [3.05, 3.63) is 11.9 Å². The van der Waals surface area contributed by atoms with Crippen LogP contribution in [-0.4, -0.2) is 15.9 Å². The van der Waals surface area contributed by atoms with E-state index in [-0.39, 0.29) is 0 Å². The first-order valence-electron chi connectivity index (χ1n) is 3.88. The number of hydrogen-bond acceptors (Lipinski definition) is 3. The van der Waals surface area contributed by atoms with Crippen molar-refractivity contribution in [2.45, 2.75) is 19.8 Å². The molecule has 4 heteroatoms. The maximum atomic E-state index is 10.0. The average molecular weight is 165 g/mol. The fourth-order valence-electron chi connectivity index (χ4n) is 1.12. The van der Waals surface area contributed by atoms with Crippen molar-refractivity contribution in [1.82, 2.24) is 9.78 Å². The highest BCUT2D eigenvalue weighted by atomic mass is 16.1. The lowest BCUT2D eigenvalue weighted by Crippen LogP contribution is -1.97. The molecule has 0 aliphatic carbocycles. The molecule has 0 unspecified atom stereocenters. The Kier molecular flexibility index (Phi) is 2.77. The van der Waals surface area contributed by atoms with E-state index in [0.717, 1.165) is 18.5 Å². The van der Waals surface area contributed by atoms with Gasteiger partial charge in [0.25, 0.3) is 0 Å². The van der Waals surface area contributed by atoms with Gasteiger partial charge in [0, 0.05) is 7.05 Å². The average Bonchev–Trinajstić information content (AvgIpc) is 2.37. The summed E-state index contributed by atoms with van der Waals surface area (Å²) in [6.45, 7) is 2.07. The second-order valence-electron chi connectivity index (χ2n) is 2.55. The Morgan fingerprint density at radius 1 is 1.75 bits per heavy atom. The first-order valence-corrected chi connectivity index (χ1v) is 3.88. The van der Waals surface area contributed by atoms with Crippen LogP contribution in [0.2, 0.25) is 0 Å². The summed E-state index contributed by atoms with van der Waals surface area (Å²) in [7, 11) is 1.84. The highest BCUT2D eigenvalue weighted by Gasteiger charge is 2.05. The largest absolute Gasteiger partial charge is 0.270 e. The first kappa shape index (κ1) is 8.68. The van der Waals surface area contributed by atoms with Gasteiger partial charge in [-0.25, -0.2) is 4.79 Å². The van der Waals surface area contributed by atoms with Crippen LogP contribution in [0.5, 0.6) is 0 Å². The minimum absolute atomic E-state index is 0.634. The van der Waals surface area contributed by atoms with E-state index < -0.39 is 0 Å². The minimum atomic E-state index is 0.634. The van der Waals surface area contributed by atoms with E-state index in [1.165, 1.54) is 6.08 Å². The van der Waals surface area contributed by atoms with E-state index in [0.29, 0.717) is 5.69 Å². The van der Waals surface area contributed by atoms with Crippen LogP contribution in [0.15, 0.2) is 11.2 Å². The number of isocyanates is 1. The Hall–Kier alpha value is -1.41. The molecule has 0 atom stereocenters. The van der Waals surface area contributed by atoms with Gasteiger partial charge in [-0.1, -0.05) is 13.3 Å². The Morgan fingerprint density at radius 2 is 2.50 bits per heavy atom. The number of aliphatic imine (C=N–C) groups is 1. The molecule has 0 radical (unpaired) electrons. The molecular weight excluding hydrogens is 154 g/mol. The van der Waals surface area contributed by atoms with Crippen molar-refractivity contribution in [3.63, 3.8) is 0 Å². The van der Waals surface area contributed by atoms with Gasteiger partial charge in [-0.3, -0.25) is 4.68 Å². The molecule has 1 rings (SSSR count). The van der Waals surface area contributed by atoms with Crippen LogP contribution in [0.25, 0.3) is 0 Å². The fraction of sp³-hybridized carbons (Fsp3) is 0.500. The zero-order valence-electron chi connectivity index (χ0n) is 7.24. The van der Waals surface area contributed by atoms with Crippen LogP contribution >= 0.6 is 0 Å². The molecule has 0 aliphatic heterocycles. The van der Waals surface area contributed by atoms with Crippen molar-refractivity contribution < 1.29 is 4.79 Å². The summed E-state index contributed by atoms with van der Waals surface area (Å²) in [6, 6.07) is 0. The second-order valence-corrected chi connectivity index (χ2v) is 2.55. The molecule has 0 saturated heterocycles. The van der Waals surface area contributed by atoms with Gasteiger partial charge in [-0.15, -0.1) is 0 Å². The third kappa shape index (κ3) is 1.60. The van der Waals surface area contributed by atoms with E-state index >= 15 is 0 Å². The van der Waals surface area contributed by atoms with E-state index in [1.807, 2.05) is 7.05 Å². The van der Waals surface area contributed by atoms with Crippen molar-refractivity contribution >= 4 is 11.8 Å². The van der Waals surface area contributed by atoms with Crippen LogP contribution in [0.4, 0.5) is 5.69 Å². The lowest BCUT2D eigenvalue weighted by Gasteiger charge is -1.98. The zero-order valence-corrected chi connectivity index (χ0v) is 7.24. The molecule has 0 aromatic carbocycles. The Labute approximate surface area is 70.9 Å². The number of nitrogens with zero attached hydrogens (tertiary/aromatic N) is 3. The smallest absolute Gasteiger partial charge is 0.240 e. The van der Waals surface area contributed by atoms with Crippen LogP contribution in [-0.2, 0) is 18.3 Å². The maximum absolute atomic E-state index is 10.0. The van der Waals surface area contributed by atoms with Crippen LogP contribution in [0, 0.1) is 0 Å². The molecule has 0 fully saturated rings.